The highest BCUT2D eigenvalue weighted by Crippen LogP contribution is 2.12. The summed E-state index contributed by atoms with van der Waals surface area (Å²) in [5, 5.41) is 2.72. The lowest BCUT2D eigenvalue weighted by atomic mass is 10.2. The molecule has 1 N–H and O–H groups in total. The van der Waals surface area contributed by atoms with Gasteiger partial charge in [0, 0.05) is 38.6 Å². The van der Waals surface area contributed by atoms with Crippen LogP contribution in [0.3, 0.4) is 0 Å². The van der Waals surface area contributed by atoms with Crippen LogP contribution < -0.4 is 10.2 Å². The Morgan fingerprint density at radius 1 is 1.12 bits per heavy atom. The van der Waals surface area contributed by atoms with E-state index in [4.69, 9.17) is 0 Å². The van der Waals surface area contributed by atoms with Gasteiger partial charge < -0.3 is 15.1 Å². The van der Waals surface area contributed by atoms with Crippen LogP contribution in [-0.2, 0) is 0 Å². The Balaban J connectivity index is 1.49. The van der Waals surface area contributed by atoms with Crippen molar-refractivity contribution in [2.75, 3.05) is 31.1 Å². The molecule has 0 bridgehead atoms. The Labute approximate surface area is 140 Å². The van der Waals surface area contributed by atoms with Crippen LogP contribution >= 0.6 is 0 Å². The number of aromatic nitrogens is 1. The Bertz CT molecular complexity index is 712. The molecule has 1 aliphatic rings. The molecule has 1 fully saturated rings. The first-order valence-electron chi connectivity index (χ1n) is 7.86. The molecule has 24 heavy (non-hydrogen) atoms. The minimum absolute atomic E-state index is 0.150. The molecule has 3 rings (SSSR count). The molecule has 0 aliphatic carbocycles. The van der Waals surface area contributed by atoms with Crippen LogP contribution in [-0.4, -0.2) is 42.1 Å². The minimum Gasteiger partial charge on any atom is -0.353 e. The van der Waals surface area contributed by atoms with Gasteiger partial charge >= 0.3 is 6.03 Å². The normalized spacial score (nSPS) is 14.9. The van der Waals surface area contributed by atoms with Gasteiger partial charge in [-0.1, -0.05) is 18.2 Å². The summed E-state index contributed by atoms with van der Waals surface area (Å²) in [6, 6.07) is 11.9. The second-order valence-corrected chi connectivity index (χ2v) is 5.50. The van der Waals surface area contributed by atoms with E-state index >= 15 is 0 Å². The molecule has 124 valence electrons. The van der Waals surface area contributed by atoms with Gasteiger partial charge in [-0.15, -0.1) is 0 Å². The highest BCUT2D eigenvalue weighted by Gasteiger charge is 2.20. The fourth-order valence-electron chi connectivity index (χ4n) is 2.59. The number of piperazine rings is 1. The lowest BCUT2D eigenvalue weighted by Gasteiger charge is -2.35. The monoisotopic (exact) mass is 326 g/mol. The van der Waals surface area contributed by atoms with Crippen LogP contribution in [0.1, 0.15) is 5.56 Å². The fraction of sp³-hybridized carbons (Fsp3) is 0.222. The summed E-state index contributed by atoms with van der Waals surface area (Å²) in [6.45, 7) is 2.77. The summed E-state index contributed by atoms with van der Waals surface area (Å²) in [5.41, 5.74) is 0.704. The van der Waals surface area contributed by atoms with Gasteiger partial charge in [0.05, 0.1) is 0 Å². The third kappa shape index (κ3) is 4.10. The molecule has 1 aliphatic heterocycles. The topological polar surface area (TPSA) is 48.5 Å². The van der Waals surface area contributed by atoms with E-state index in [9.17, 15) is 9.18 Å². The summed E-state index contributed by atoms with van der Waals surface area (Å²) in [4.78, 5) is 20.4. The Morgan fingerprint density at radius 3 is 2.67 bits per heavy atom. The minimum atomic E-state index is -0.297. The van der Waals surface area contributed by atoms with Gasteiger partial charge in [0.25, 0.3) is 0 Å². The average Bonchev–Trinajstić information content (AvgIpc) is 2.63. The molecule has 2 aromatic rings. The first-order valence-corrected chi connectivity index (χ1v) is 7.86. The van der Waals surface area contributed by atoms with E-state index in [0.29, 0.717) is 18.7 Å². The zero-order chi connectivity index (χ0) is 16.8. The molecule has 0 atom stereocenters. The molecule has 2 amide bonds. The lowest BCUT2D eigenvalue weighted by Crippen LogP contribution is -2.51. The molecule has 0 unspecified atom stereocenters. The number of carbonyl (C=O) groups excluding carboxylic acids is 1. The van der Waals surface area contributed by atoms with Crippen molar-refractivity contribution in [3.63, 3.8) is 0 Å². The van der Waals surface area contributed by atoms with Crippen LogP contribution in [0, 0.1) is 5.82 Å². The first kappa shape index (κ1) is 16.0. The van der Waals surface area contributed by atoms with Crippen molar-refractivity contribution in [1.82, 2.24) is 15.2 Å². The number of amides is 2. The van der Waals surface area contributed by atoms with E-state index in [0.717, 1.165) is 18.9 Å². The van der Waals surface area contributed by atoms with E-state index in [-0.39, 0.29) is 11.8 Å². The zero-order valence-electron chi connectivity index (χ0n) is 13.2. The van der Waals surface area contributed by atoms with Gasteiger partial charge in [-0.05, 0) is 35.9 Å². The van der Waals surface area contributed by atoms with Crippen LogP contribution in [0.5, 0.6) is 0 Å². The van der Waals surface area contributed by atoms with E-state index in [1.807, 2.05) is 18.2 Å². The van der Waals surface area contributed by atoms with E-state index in [1.165, 1.54) is 12.1 Å². The van der Waals surface area contributed by atoms with Gasteiger partial charge in [0.15, 0.2) is 0 Å². The molecular weight excluding hydrogens is 307 g/mol. The zero-order valence-corrected chi connectivity index (χ0v) is 13.2. The van der Waals surface area contributed by atoms with Crippen LogP contribution in [0.15, 0.2) is 54.9 Å². The Kier molecular flexibility index (Phi) is 5.05. The maximum Gasteiger partial charge on any atom is 0.321 e. The van der Waals surface area contributed by atoms with Gasteiger partial charge in [0.1, 0.15) is 11.6 Å². The van der Waals surface area contributed by atoms with E-state index < -0.39 is 0 Å². The number of rotatable bonds is 3. The summed E-state index contributed by atoms with van der Waals surface area (Å²) in [6.07, 6.45) is 4.99. The van der Waals surface area contributed by atoms with Crippen molar-refractivity contribution in [3.05, 3.63) is 66.2 Å². The lowest BCUT2D eigenvalue weighted by molar-refractivity contribution is 0.198. The number of nitrogens with one attached hydrogen (secondary N) is 1. The second kappa shape index (κ2) is 7.59. The van der Waals surface area contributed by atoms with Crippen molar-refractivity contribution in [1.29, 1.82) is 0 Å². The summed E-state index contributed by atoms with van der Waals surface area (Å²) in [5.74, 6) is 0.637. The summed E-state index contributed by atoms with van der Waals surface area (Å²) in [7, 11) is 0. The molecule has 2 heterocycles. The molecule has 0 radical (unpaired) electrons. The molecule has 1 aromatic carbocycles. The number of hydrogen-bond acceptors (Lipinski definition) is 3. The molecule has 0 saturated carbocycles. The van der Waals surface area contributed by atoms with Crippen LogP contribution in [0.25, 0.3) is 6.08 Å². The van der Waals surface area contributed by atoms with Gasteiger partial charge in [-0.3, -0.25) is 0 Å². The predicted octanol–water partition coefficient (Wildman–Crippen LogP) is 2.72. The Hall–Kier alpha value is -2.89. The van der Waals surface area contributed by atoms with Crippen molar-refractivity contribution < 1.29 is 9.18 Å². The number of benzene rings is 1. The van der Waals surface area contributed by atoms with Gasteiger partial charge in [0.2, 0.25) is 0 Å². The maximum absolute atomic E-state index is 13.1. The second-order valence-electron chi connectivity index (χ2n) is 5.50. The number of urea groups is 1. The standard InChI is InChI=1S/C18H19FN4O/c19-16-5-3-4-15(14-16)7-9-21-18(24)23-12-10-22(11-13-23)17-6-1-2-8-20-17/h1-9,14H,10-13H2,(H,21,24)/b9-7+. The maximum atomic E-state index is 13.1. The van der Waals surface area contributed by atoms with Gasteiger partial charge in [-0.25, -0.2) is 14.2 Å². The number of pyridine rings is 1. The number of hydrogen-bond donors (Lipinski definition) is 1. The van der Waals surface area contributed by atoms with Crippen LogP contribution in [0.4, 0.5) is 15.0 Å². The van der Waals surface area contributed by atoms with E-state index in [1.54, 1.807) is 35.5 Å². The number of nitrogens with zero attached hydrogens (tertiary/aromatic N) is 3. The smallest absolute Gasteiger partial charge is 0.321 e. The third-order valence-corrected chi connectivity index (χ3v) is 3.87. The third-order valence-electron chi connectivity index (χ3n) is 3.87. The molecule has 5 nitrogen and oxygen atoms in total. The van der Waals surface area contributed by atoms with E-state index in [2.05, 4.69) is 15.2 Å². The first-order chi connectivity index (χ1) is 11.7. The van der Waals surface area contributed by atoms with Crippen LogP contribution in [0.2, 0.25) is 0 Å². The number of anilines is 1. The molecule has 1 saturated heterocycles. The van der Waals surface area contributed by atoms with Gasteiger partial charge in [-0.2, -0.15) is 0 Å². The number of halogens is 1. The van der Waals surface area contributed by atoms with Crippen molar-refractivity contribution >= 4 is 17.9 Å². The highest BCUT2D eigenvalue weighted by atomic mass is 19.1. The molecule has 1 aromatic heterocycles. The molecular formula is C18H19FN4O. The molecule has 0 spiro atoms. The summed E-state index contributed by atoms with van der Waals surface area (Å²) >= 11 is 0. The van der Waals surface area contributed by atoms with Crippen molar-refractivity contribution in [2.45, 2.75) is 0 Å². The largest absolute Gasteiger partial charge is 0.353 e. The SMILES string of the molecule is O=C(N/C=C/c1cccc(F)c1)N1CCN(c2ccccn2)CC1. The summed E-state index contributed by atoms with van der Waals surface area (Å²) < 4.78 is 13.1. The highest BCUT2D eigenvalue weighted by molar-refractivity contribution is 5.76. The predicted molar refractivity (Wildman–Crippen MR) is 92.0 cm³/mol. The number of carbonyl (C=O) groups is 1. The average molecular weight is 326 g/mol. The van der Waals surface area contributed by atoms with Crippen molar-refractivity contribution in [2.24, 2.45) is 0 Å². The fourth-order valence-corrected chi connectivity index (χ4v) is 2.59. The van der Waals surface area contributed by atoms with Crippen molar-refractivity contribution in [3.8, 4) is 0 Å². The quantitative estimate of drug-likeness (QED) is 0.943. The Morgan fingerprint density at radius 2 is 1.96 bits per heavy atom. The molecule has 6 heteroatoms.